The molecule has 0 spiro atoms. The van der Waals surface area contributed by atoms with E-state index in [1.165, 1.54) is 6.07 Å². The first-order chi connectivity index (χ1) is 10.3. The van der Waals surface area contributed by atoms with Crippen molar-refractivity contribution in [1.29, 1.82) is 0 Å². The van der Waals surface area contributed by atoms with Gasteiger partial charge in [0.05, 0.1) is 0 Å². The molecule has 1 amide bonds. The molecule has 1 aromatic rings. The number of hydrogen-bond acceptors (Lipinski definition) is 3. The molecule has 2 rings (SSSR count). The number of nitrogens with one attached hydrogen (secondary N) is 1. The van der Waals surface area contributed by atoms with Gasteiger partial charge >= 0.3 is 5.97 Å². The molecule has 1 saturated carbocycles. The van der Waals surface area contributed by atoms with E-state index in [-0.39, 0.29) is 17.5 Å². The fourth-order valence-electron chi connectivity index (χ4n) is 2.84. The molecule has 0 radical (unpaired) electrons. The highest BCUT2D eigenvalue weighted by atomic mass is 19.1. The number of halogens is 1. The number of carbonyl (C=O) groups excluding carboxylic acids is 1. The number of benzene rings is 1. The predicted molar refractivity (Wildman–Crippen MR) is 80.1 cm³/mol. The summed E-state index contributed by atoms with van der Waals surface area (Å²) in [5, 5.41) is 11.1. The number of carbonyl (C=O) groups is 2. The van der Waals surface area contributed by atoms with E-state index in [0.29, 0.717) is 5.92 Å². The van der Waals surface area contributed by atoms with Gasteiger partial charge in [0.1, 0.15) is 11.9 Å². The molecule has 0 aromatic heterocycles. The van der Waals surface area contributed by atoms with Crippen LogP contribution in [0, 0.1) is 11.7 Å². The molecule has 4 N–H and O–H groups in total. The third kappa shape index (κ3) is 3.27. The van der Waals surface area contributed by atoms with Crippen molar-refractivity contribution in [3.8, 4) is 0 Å². The number of carboxylic acid groups (broad SMARTS) is 1. The number of rotatable bonds is 6. The molecule has 0 heterocycles. The zero-order valence-electron chi connectivity index (χ0n) is 12.7. The first-order valence-electron chi connectivity index (χ1n) is 7.35. The van der Waals surface area contributed by atoms with Crippen molar-refractivity contribution < 1.29 is 19.1 Å². The average Bonchev–Trinajstić information content (AvgIpc) is 3.16. The number of nitrogens with two attached hydrogens (primary N) is 1. The van der Waals surface area contributed by atoms with Crippen LogP contribution in [0.1, 0.15) is 42.6 Å². The number of hydrogen-bond donors (Lipinski definition) is 3. The Labute approximate surface area is 128 Å². The summed E-state index contributed by atoms with van der Waals surface area (Å²) in [6.07, 6.45) is 2.00. The molecule has 22 heavy (non-hydrogen) atoms. The monoisotopic (exact) mass is 308 g/mol. The van der Waals surface area contributed by atoms with Crippen LogP contribution in [0.15, 0.2) is 18.2 Å². The van der Waals surface area contributed by atoms with Crippen LogP contribution in [0.3, 0.4) is 0 Å². The highest BCUT2D eigenvalue weighted by Gasteiger charge is 2.49. The van der Waals surface area contributed by atoms with Crippen molar-refractivity contribution in [2.24, 2.45) is 11.7 Å². The van der Waals surface area contributed by atoms with E-state index in [4.69, 9.17) is 10.8 Å². The van der Waals surface area contributed by atoms with E-state index >= 15 is 0 Å². The van der Waals surface area contributed by atoms with E-state index in [0.717, 1.165) is 24.5 Å². The molecule has 120 valence electrons. The molecule has 0 aliphatic heterocycles. The van der Waals surface area contributed by atoms with Crippen molar-refractivity contribution in [2.75, 3.05) is 6.54 Å². The maximum Gasteiger partial charge on any atom is 0.322 e. The molecule has 0 saturated heterocycles. The summed E-state index contributed by atoms with van der Waals surface area (Å²) in [6.45, 7) is 3.96. The number of carboxylic acids is 1. The molecule has 3 atom stereocenters. The molecule has 1 aromatic carbocycles. The number of aliphatic carboxylic acids is 1. The van der Waals surface area contributed by atoms with E-state index < -0.39 is 23.7 Å². The van der Waals surface area contributed by atoms with Gasteiger partial charge in [-0.25, -0.2) is 4.39 Å². The van der Waals surface area contributed by atoms with E-state index in [9.17, 15) is 14.0 Å². The Kier molecular flexibility index (Phi) is 4.51. The molecule has 1 aliphatic rings. The quantitative estimate of drug-likeness (QED) is 0.745. The van der Waals surface area contributed by atoms with Crippen LogP contribution >= 0.6 is 0 Å². The minimum Gasteiger partial charge on any atom is -0.480 e. The van der Waals surface area contributed by atoms with Crippen molar-refractivity contribution in [2.45, 2.75) is 38.1 Å². The van der Waals surface area contributed by atoms with Crippen molar-refractivity contribution in [1.82, 2.24) is 5.32 Å². The zero-order valence-corrected chi connectivity index (χ0v) is 12.7. The van der Waals surface area contributed by atoms with Gasteiger partial charge in [0.15, 0.2) is 0 Å². The topological polar surface area (TPSA) is 92.4 Å². The third-order valence-electron chi connectivity index (χ3n) is 4.52. The van der Waals surface area contributed by atoms with Gasteiger partial charge in [0, 0.05) is 12.1 Å². The summed E-state index contributed by atoms with van der Waals surface area (Å²) >= 11 is 0. The van der Waals surface area contributed by atoms with E-state index in [2.05, 4.69) is 19.2 Å². The normalized spacial score (nSPS) is 24.6. The Bertz CT molecular complexity index is 605. The molecule has 0 bridgehead atoms. The molecule has 1 fully saturated rings. The van der Waals surface area contributed by atoms with Crippen molar-refractivity contribution in [3.05, 3.63) is 35.1 Å². The summed E-state index contributed by atoms with van der Waals surface area (Å²) in [7, 11) is 0. The lowest BCUT2D eigenvalue weighted by Crippen LogP contribution is -2.42. The second-order valence-electron chi connectivity index (χ2n) is 6.11. The lowest BCUT2D eigenvalue weighted by Gasteiger charge is -2.14. The molecule has 6 heteroatoms. The standard InChI is InChI=1S/C16H21FN2O3/c1-3-10-7-16(10,2)11-4-9(5-12(17)6-11)14(20)19-8-13(18)15(21)22/h4-6,10,13H,3,7-8,18H2,1-2H3,(H,19,20)(H,21,22)/t10?,13-,16?/m1/s1. The predicted octanol–water partition coefficient (Wildman–Crippen LogP) is 1.65. The van der Waals surface area contributed by atoms with E-state index in [1.54, 1.807) is 6.07 Å². The first kappa shape index (κ1) is 16.4. The highest BCUT2D eigenvalue weighted by molar-refractivity contribution is 5.94. The van der Waals surface area contributed by atoms with Crippen LogP contribution < -0.4 is 11.1 Å². The Morgan fingerprint density at radius 3 is 2.73 bits per heavy atom. The van der Waals surface area contributed by atoms with Gasteiger partial charge in [-0.1, -0.05) is 20.3 Å². The van der Waals surface area contributed by atoms with Crippen LogP contribution in [-0.4, -0.2) is 29.6 Å². The Hall–Kier alpha value is -1.95. The van der Waals surface area contributed by atoms with Gasteiger partial charge in [-0.05, 0) is 41.5 Å². The summed E-state index contributed by atoms with van der Waals surface area (Å²) in [6, 6.07) is 3.12. The Balaban J connectivity index is 2.13. The summed E-state index contributed by atoms with van der Waals surface area (Å²) in [5.74, 6) is -1.68. The second kappa shape index (κ2) is 6.04. The molecular formula is C16H21FN2O3. The van der Waals surface area contributed by atoms with Gasteiger partial charge in [-0.15, -0.1) is 0 Å². The van der Waals surface area contributed by atoms with Crippen LogP contribution in [-0.2, 0) is 10.2 Å². The molecule has 2 unspecified atom stereocenters. The zero-order chi connectivity index (χ0) is 16.5. The maximum absolute atomic E-state index is 13.8. The Morgan fingerprint density at radius 2 is 2.18 bits per heavy atom. The summed E-state index contributed by atoms with van der Waals surface area (Å²) < 4.78 is 13.8. The maximum atomic E-state index is 13.8. The van der Waals surface area contributed by atoms with Crippen LogP contribution in [0.25, 0.3) is 0 Å². The fourth-order valence-corrected chi connectivity index (χ4v) is 2.84. The van der Waals surface area contributed by atoms with E-state index in [1.807, 2.05) is 0 Å². The summed E-state index contributed by atoms with van der Waals surface area (Å²) in [4.78, 5) is 22.7. The fraction of sp³-hybridized carbons (Fsp3) is 0.500. The van der Waals surface area contributed by atoms with Gasteiger partial charge in [-0.3, -0.25) is 9.59 Å². The highest BCUT2D eigenvalue weighted by Crippen LogP contribution is 2.55. The van der Waals surface area contributed by atoms with Crippen LogP contribution in [0.2, 0.25) is 0 Å². The lowest BCUT2D eigenvalue weighted by molar-refractivity contribution is -0.138. The van der Waals surface area contributed by atoms with Crippen molar-refractivity contribution >= 4 is 11.9 Å². The van der Waals surface area contributed by atoms with Gasteiger partial charge in [-0.2, -0.15) is 0 Å². The van der Waals surface area contributed by atoms with Crippen LogP contribution in [0.5, 0.6) is 0 Å². The Morgan fingerprint density at radius 1 is 1.50 bits per heavy atom. The molecule has 1 aliphatic carbocycles. The SMILES string of the molecule is CCC1CC1(C)c1cc(F)cc(C(=O)NC[C@@H](N)C(=O)O)c1. The minimum atomic E-state index is -1.20. The first-order valence-corrected chi connectivity index (χ1v) is 7.35. The van der Waals surface area contributed by atoms with Crippen molar-refractivity contribution in [3.63, 3.8) is 0 Å². The summed E-state index contributed by atoms with van der Waals surface area (Å²) in [5.41, 5.74) is 6.25. The smallest absolute Gasteiger partial charge is 0.322 e. The second-order valence-corrected chi connectivity index (χ2v) is 6.11. The van der Waals surface area contributed by atoms with Gasteiger partial charge in [0.2, 0.25) is 0 Å². The largest absolute Gasteiger partial charge is 0.480 e. The van der Waals surface area contributed by atoms with Gasteiger partial charge < -0.3 is 16.2 Å². The number of amides is 1. The lowest BCUT2D eigenvalue weighted by atomic mass is 9.93. The van der Waals surface area contributed by atoms with Crippen LogP contribution in [0.4, 0.5) is 4.39 Å². The van der Waals surface area contributed by atoms with Gasteiger partial charge in [0.25, 0.3) is 5.91 Å². The average molecular weight is 308 g/mol. The third-order valence-corrected chi connectivity index (χ3v) is 4.52. The molecule has 5 nitrogen and oxygen atoms in total. The molecular weight excluding hydrogens is 287 g/mol. The minimum absolute atomic E-state index is 0.0800.